The molecule has 0 spiro atoms. The van der Waals surface area contributed by atoms with Crippen LogP contribution in [0.2, 0.25) is 5.02 Å². The van der Waals surface area contributed by atoms with Gasteiger partial charge in [-0.3, -0.25) is 13.9 Å². The third kappa shape index (κ3) is 6.41. The van der Waals surface area contributed by atoms with Crippen LogP contribution in [0.3, 0.4) is 0 Å². The maximum Gasteiger partial charge on any atom is 0.264 e. The number of amides is 2. The number of nitrogens with one attached hydrogen (secondary N) is 1. The number of hydrogen-bond acceptors (Lipinski definition) is 4. The monoisotopic (exact) mass is 531 g/mol. The van der Waals surface area contributed by atoms with Gasteiger partial charge >= 0.3 is 0 Å². The Morgan fingerprint density at radius 3 is 2.25 bits per heavy atom. The number of hydrogen-bond donors (Lipinski definition) is 1. The Kier molecular flexibility index (Phi) is 8.70. The summed E-state index contributed by atoms with van der Waals surface area (Å²) >= 11 is 5.94. The fourth-order valence-electron chi connectivity index (χ4n) is 3.62. The quantitative estimate of drug-likeness (QED) is 0.449. The first kappa shape index (κ1) is 27.2. The van der Waals surface area contributed by atoms with E-state index in [4.69, 9.17) is 11.6 Å². The first-order valence-electron chi connectivity index (χ1n) is 11.1. The zero-order chi connectivity index (χ0) is 26.5. The van der Waals surface area contributed by atoms with Gasteiger partial charge in [-0.05, 0) is 73.5 Å². The fraction of sp³-hybridized carbons (Fsp3) is 0.231. The lowest BCUT2D eigenvalue weighted by Gasteiger charge is -2.31. The van der Waals surface area contributed by atoms with Crippen LogP contribution in [-0.2, 0) is 26.2 Å². The highest BCUT2D eigenvalue weighted by Gasteiger charge is 2.32. The molecule has 0 aliphatic rings. The summed E-state index contributed by atoms with van der Waals surface area (Å²) in [7, 11) is -2.72. The topological polar surface area (TPSA) is 86.8 Å². The molecule has 0 saturated heterocycles. The summed E-state index contributed by atoms with van der Waals surface area (Å²) in [6.45, 7) is 2.78. The summed E-state index contributed by atoms with van der Waals surface area (Å²) in [5.74, 6) is -1.46. The van der Waals surface area contributed by atoms with Crippen molar-refractivity contribution in [2.45, 2.75) is 31.3 Å². The second-order valence-corrected chi connectivity index (χ2v) is 10.5. The van der Waals surface area contributed by atoms with E-state index in [2.05, 4.69) is 5.32 Å². The summed E-state index contributed by atoms with van der Waals surface area (Å²) < 4.78 is 41.7. The van der Waals surface area contributed by atoms with Crippen LogP contribution in [-0.4, -0.2) is 44.8 Å². The van der Waals surface area contributed by atoms with E-state index >= 15 is 0 Å². The Balaban J connectivity index is 2.02. The minimum absolute atomic E-state index is 0.0175. The molecular formula is C26H27ClFN3O4S. The van der Waals surface area contributed by atoms with Crippen molar-refractivity contribution in [2.24, 2.45) is 0 Å². The third-order valence-corrected chi connectivity index (χ3v) is 7.69. The number of likely N-dealkylation sites (N-methyl/N-ethyl adjacent to an activating group) is 1. The molecule has 0 unspecified atom stereocenters. The summed E-state index contributed by atoms with van der Waals surface area (Å²) in [6, 6.07) is 17.0. The average Bonchev–Trinajstić information content (AvgIpc) is 2.86. The van der Waals surface area contributed by atoms with E-state index in [1.807, 2.05) is 13.0 Å². The molecule has 0 radical (unpaired) electrons. The first-order valence-corrected chi connectivity index (χ1v) is 12.9. The van der Waals surface area contributed by atoms with Crippen molar-refractivity contribution < 1.29 is 22.4 Å². The average molecular weight is 532 g/mol. The Morgan fingerprint density at radius 2 is 1.67 bits per heavy atom. The highest BCUT2D eigenvalue weighted by atomic mass is 35.5. The molecule has 190 valence electrons. The first-order chi connectivity index (χ1) is 17.0. The van der Waals surface area contributed by atoms with Gasteiger partial charge in [-0.25, -0.2) is 12.8 Å². The van der Waals surface area contributed by atoms with Gasteiger partial charge < -0.3 is 10.2 Å². The molecular weight excluding hydrogens is 505 g/mol. The number of sulfonamides is 1. The largest absolute Gasteiger partial charge is 0.357 e. The zero-order valence-corrected chi connectivity index (χ0v) is 21.7. The molecule has 3 aromatic carbocycles. The zero-order valence-electron chi connectivity index (χ0n) is 20.1. The maximum absolute atomic E-state index is 13.7. The number of anilines is 1. The van der Waals surface area contributed by atoms with Crippen LogP contribution in [0.25, 0.3) is 0 Å². The van der Waals surface area contributed by atoms with E-state index in [1.165, 1.54) is 60.5 Å². The fourth-order valence-corrected chi connectivity index (χ4v) is 5.16. The number of carbonyl (C=O) groups is 2. The number of halogens is 2. The summed E-state index contributed by atoms with van der Waals surface area (Å²) in [4.78, 5) is 27.3. The van der Waals surface area contributed by atoms with E-state index in [0.29, 0.717) is 16.3 Å². The minimum Gasteiger partial charge on any atom is -0.357 e. The van der Waals surface area contributed by atoms with Gasteiger partial charge in [-0.15, -0.1) is 0 Å². The van der Waals surface area contributed by atoms with Gasteiger partial charge in [0.25, 0.3) is 10.0 Å². The molecule has 0 aliphatic carbocycles. The Labute approximate surface area is 215 Å². The van der Waals surface area contributed by atoms with Gasteiger partial charge in [0.2, 0.25) is 11.8 Å². The van der Waals surface area contributed by atoms with Crippen LogP contribution in [0.15, 0.2) is 77.7 Å². The molecule has 0 fully saturated rings. The van der Waals surface area contributed by atoms with Crippen LogP contribution < -0.4 is 9.62 Å². The van der Waals surface area contributed by atoms with Gasteiger partial charge in [0.1, 0.15) is 18.4 Å². The van der Waals surface area contributed by atoms with Crippen molar-refractivity contribution >= 4 is 39.1 Å². The second-order valence-electron chi connectivity index (χ2n) is 8.24. The molecule has 10 heteroatoms. The van der Waals surface area contributed by atoms with Gasteiger partial charge in [0.05, 0.1) is 10.6 Å². The van der Waals surface area contributed by atoms with E-state index in [-0.39, 0.29) is 11.4 Å². The van der Waals surface area contributed by atoms with Gasteiger partial charge in [-0.2, -0.15) is 0 Å². The van der Waals surface area contributed by atoms with Gasteiger partial charge in [-0.1, -0.05) is 35.9 Å². The van der Waals surface area contributed by atoms with Gasteiger partial charge in [0, 0.05) is 18.6 Å². The van der Waals surface area contributed by atoms with E-state index in [1.54, 1.807) is 25.1 Å². The molecule has 3 rings (SSSR count). The van der Waals surface area contributed by atoms with Crippen LogP contribution >= 0.6 is 11.6 Å². The molecule has 1 N–H and O–H groups in total. The molecule has 0 aliphatic heterocycles. The van der Waals surface area contributed by atoms with Crippen LogP contribution in [0, 0.1) is 12.7 Å². The third-order valence-electron chi connectivity index (χ3n) is 5.65. The van der Waals surface area contributed by atoms with E-state index in [0.717, 1.165) is 9.87 Å². The van der Waals surface area contributed by atoms with Crippen molar-refractivity contribution in [3.8, 4) is 0 Å². The summed E-state index contributed by atoms with van der Waals surface area (Å²) in [5.41, 5.74) is 1.69. The lowest BCUT2D eigenvalue weighted by Crippen LogP contribution is -2.50. The predicted octanol–water partition coefficient (Wildman–Crippen LogP) is 4.15. The smallest absolute Gasteiger partial charge is 0.264 e. The Hall–Kier alpha value is -3.43. The lowest BCUT2D eigenvalue weighted by molar-refractivity contribution is -0.139. The van der Waals surface area contributed by atoms with E-state index in [9.17, 15) is 22.4 Å². The number of aryl methyl sites for hydroxylation is 1. The standard InChI is InChI=1S/C26H27ClFN3O4S/c1-18-5-4-6-23(15-18)31(36(34,35)24-13-9-21(27)10-14-24)17-25(32)30(19(2)26(33)29-3)16-20-7-11-22(28)12-8-20/h4-15,19H,16-17H2,1-3H3,(H,29,33)/t19-/m1/s1. The van der Waals surface area contributed by atoms with Crippen molar-refractivity contribution in [2.75, 3.05) is 17.9 Å². The Bertz CT molecular complexity index is 1330. The highest BCUT2D eigenvalue weighted by molar-refractivity contribution is 7.92. The molecule has 0 aromatic heterocycles. The normalized spacial score (nSPS) is 12.0. The molecule has 0 saturated carbocycles. The van der Waals surface area contributed by atoms with Crippen molar-refractivity contribution in [1.82, 2.24) is 10.2 Å². The van der Waals surface area contributed by atoms with Crippen molar-refractivity contribution in [1.29, 1.82) is 0 Å². The number of nitrogens with zero attached hydrogens (tertiary/aromatic N) is 2. The maximum atomic E-state index is 13.7. The number of rotatable bonds is 9. The van der Waals surface area contributed by atoms with E-state index < -0.39 is 40.2 Å². The minimum atomic E-state index is -4.17. The molecule has 2 amide bonds. The number of carbonyl (C=O) groups excluding carboxylic acids is 2. The predicted molar refractivity (Wildman–Crippen MR) is 138 cm³/mol. The highest BCUT2D eigenvalue weighted by Crippen LogP contribution is 2.26. The molecule has 0 heterocycles. The summed E-state index contributed by atoms with van der Waals surface area (Å²) in [5, 5.41) is 2.88. The van der Waals surface area contributed by atoms with Gasteiger partial charge in [0.15, 0.2) is 0 Å². The van der Waals surface area contributed by atoms with Crippen LogP contribution in [0.5, 0.6) is 0 Å². The SMILES string of the molecule is CNC(=O)[C@@H](C)N(Cc1ccc(F)cc1)C(=O)CN(c1cccc(C)c1)S(=O)(=O)c1ccc(Cl)cc1. The summed E-state index contributed by atoms with van der Waals surface area (Å²) in [6.07, 6.45) is 0. The molecule has 36 heavy (non-hydrogen) atoms. The van der Waals surface area contributed by atoms with Crippen molar-refractivity contribution in [3.63, 3.8) is 0 Å². The molecule has 7 nitrogen and oxygen atoms in total. The number of benzene rings is 3. The molecule has 3 aromatic rings. The Morgan fingerprint density at radius 1 is 1.03 bits per heavy atom. The van der Waals surface area contributed by atoms with Crippen LogP contribution in [0.1, 0.15) is 18.1 Å². The van der Waals surface area contributed by atoms with Crippen LogP contribution in [0.4, 0.5) is 10.1 Å². The lowest BCUT2D eigenvalue weighted by atomic mass is 10.1. The van der Waals surface area contributed by atoms with Crippen molar-refractivity contribution in [3.05, 3.63) is 94.8 Å². The second kappa shape index (κ2) is 11.5. The molecule has 0 bridgehead atoms. The molecule has 1 atom stereocenters.